The molecule has 0 unspecified atom stereocenters. The van der Waals surface area contributed by atoms with E-state index in [9.17, 15) is 0 Å². The number of aliphatic imine (C=N–C) groups is 1. The second-order valence-corrected chi connectivity index (χ2v) is 3.55. The Morgan fingerprint density at radius 2 is 2.57 bits per heavy atom. The summed E-state index contributed by atoms with van der Waals surface area (Å²) in [5, 5.41) is 6.92. The highest BCUT2D eigenvalue weighted by molar-refractivity contribution is 5.78. The maximum atomic E-state index is 5.65. The summed E-state index contributed by atoms with van der Waals surface area (Å²) < 4.78 is 4.91. The van der Waals surface area contributed by atoms with Crippen LogP contribution in [-0.2, 0) is 6.54 Å². The van der Waals surface area contributed by atoms with E-state index < -0.39 is 0 Å². The number of rotatable bonds is 3. The van der Waals surface area contributed by atoms with Crippen LogP contribution in [0.1, 0.15) is 24.3 Å². The molecular weight excluding hydrogens is 180 g/mol. The lowest BCUT2D eigenvalue weighted by atomic mass is 10.4. The van der Waals surface area contributed by atoms with Crippen LogP contribution in [0.5, 0.6) is 0 Å². The van der Waals surface area contributed by atoms with Gasteiger partial charge in [0.2, 0.25) is 0 Å². The molecule has 14 heavy (non-hydrogen) atoms. The first-order valence-electron chi connectivity index (χ1n) is 4.72. The number of guanidine groups is 1. The molecule has 0 aromatic carbocycles. The molecule has 5 nitrogen and oxygen atoms in total. The summed E-state index contributed by atoms with van der Waals surface area (Å²) in [6.07, 6.45) is 2.39. The third kappa shape index (κ3) is 2.48. The van der Waals surface area contributed by atoms with Crippen molar-refractivity contribution < 1.29 is 4.52 Å². The van der Waals surface area contributed by atoms with Crippen molar-refractivity contribution in [3.8, 4) is 0 Å². The topological polar surface area (TPSA) is 76.4 Å². The molecule has 0 radical (unpaired) electrons. The van der Waals surface area contributed by atoms with Crippen LogP contribution >= 0.6 is 0 Å². The molecule has 76 valence electrons. The van der Waals surface area contributed by atoms with Gasteiger partial charge in [-0.05, 0) is 19.8 Å². The zero-order valence-corrected chi connectivity index (χ0v) is 8.16. The van der Waals surface area contributed by atoms with Gasteiger partial charge in [-0.25, -0.2) is 4.99 Å². The smallest absolute Gasteiger partial charge is 0.189 e. The monoisotopic (exact) mass is 194 g/mol. The lowest BCUT2D eigenvalue weighted by Crippen LogP contribution is -2.33. The molecule has 1 saturated carbocycles. The Hall–Kier alpha value is -1.52. The summed E-state index contributed by atoms with van der Waals surface area (Å²) in [6.45, 7) is 2.33. The van der Waals surface area contributed by atoms with Gasteiger partial charge in [0.05, 0.1) is 6.54 Å². The van der Waals surface area contributed by atoms with E-state index in [1.54, 1.807) is 0 Å². The van der Waals surface area contributed by atoms with Crippen molar-refractivity contribution in [1.82, 2.24) is 10.5 Å². The molecule has 1 heterocycles. The van der Waals surface area contributed by atoms with Gasteiger partial charge in [0.1, 0.15) is 11.5 Å². The van der Waals surface area contributed by atoms with Gasteiger partial charge in [-0.1, -0.05) is 5.16 Å². The minimum absolute atomic E-state index is 0.475. The molecule has 1 aromatic heterocycles. The Balaban J connectivity index is 1.84. The van der Waals surface area contributed by atoms with E-state index in [1.807, 2.05) is 13.0 Å². The zero-order chi connectivity index (χ0) is 9.97. The van der Waals surface area contributed by atoms with Gasteiger partial charge in [0.25, 0.3) is 0 Å². The van der Waals surface area contributed by atoms with Crippen LogP contribution in [0.4, 0.5) is 0 Å². The Labute approximate surface area is 82.4 Å². The van der Waals surface area contributed by atoms with Gasteiger partial charge in [-0.3, -0.25) is 0 Å². The van der Waals surface area contributed by atoms with Gasteiger partial charge in [-0.15, -0.1) is 0 Å². The predicted molar refractivity (Wildman–Crippen MR) is 52.7 cm³/mol. The molecule has 0 atom stereocenters. The molecule has 0 spiro atoms. The van der Waals surface area contributed by atoms with Crippen molar-refractivity contribution in [3.05, 3.63) is 17.5 Å². The van der Waals surface area contributed by atoms with E-state index in [0.717, 1.165) is 11.5 Å². The Morgan fingerprint density at radius 3 is 3.14 bits per heavy atom. The molecule has 0 amide bonds. The molecule has 0 bridgehead atoms. The highest BCUT2D eigenvalue weighted by Crippen LogP contribution is 2.18. The van der Waals surface area contributed by atoms with E-state index in [2.05, 4.69) is 15.5 Å². The SMILES string of the molecule is Cc1cc(CN=C(N)NC2CC2)no1. The molecule has 5 heteroatoms. The van der Waals surface area contributed by atoms with E-state index in [1.165, 1.54) is 12.8 Å². The average Bonchev–Trinajstić information content (AvgIpc) is 2.85. The van der Waals surface area contributed by atoms with Crippen LogP contribution in [0, 0.1) is 6.92 Å². The first kappa shape index (κ1) is 9.05. The lowest BCUT2D eigenvalue weighted by Gasteiger charge is -2.00. The Bertz CT molecular complexity index is 340. The summed E-state index contributed by atoms with van der Waals surface area (Å²) in [7, 11) is 0. The number of hydrogen-bond donors (Lipinski definition) is 2. The standard InChI is InChI=1S/C9H14N4O/c1-6-4-8(13-14-6)5-11-9(10)12-7-2-3-7/h4,7H,2-3,5H2,1H3,(H3,10,11,12). The van der Waals surface area contributed by atoms with Crippen LogP contribution in [-0.4, -0.2) is 17.2 Å². The third-order valence-electron chi connectivity index (χ3n) is 2.02. The van der Waals surface area contributed by atoms with Crippen molar-refractivity contribution in [2.24, 2.45) is 10.7 Å². The minimum Gasteiger partial charge on any atom is -0.370 e. The van der Waals surface area contributed by atoms with Gasteiger partial charge >= 0.3 is 0 Å². The highest BCUT2D eigenvalue weighted by atomic mass is 16.5. The summed E-state index contributed by atoms with van der Waals surface area (Å²) in [5.74, 6) is 1.29. The van der Waals surface area contributed by atoms with Gasteiger partial charge in [0, 0.05) is 12.1 Å². The maximum absolute atomic E-state index is 5.65. The number of nitrogens with two attached hydrogens (primary N) is 1. The summed E-state index contributed by atoms with van der Waals surface area (Å²) in [5.41, 5.74) is 6.46. The van der Waals surface area contributed by atoms with E-state index in [0.29, 0.717) is 18.5 Å². The van der Waals surface area contributed by atoms with E-state index >= 15 is 0 Å². The van der Waals surface area contributed by atoms with Gasteiger partial charge < -0.3 is 15.6 Å². The van der Waals surface area contributed by atoms with Gasteiger partial charge in [-0.2, -0.15) is 0 Å². The van der Waals surface area contributed by atoms with Crippen molar-refractivity contribution in [2.45, 2.75) is 32.4 Å². The number of hydrogen-bond acceptors (Lipinski definition) is 3. The number of nitrogens with one attached hydrogen (secondary N) is 1. The predicted octanol–water partition coefficient (Wildman–Crippen LogP) is 0.550. The molecule has 0 aliphatic heterocycles. The zero-order valence-electron chi connectivity index (χ0n) is 8.16. The van der Waals surface area contributed by atoms with Crippen LogP contribution in [0.15, 0.2) is 15.6 Å². The lowest BCUT2D eigenvalue weighted by molar-refractivity contribution is 0.391. The summed E-state index contributed by atoms with van der Waals surface area (Å²) in [6, 6.07) is 2.39. The number of aryl methyl sites for hydroxylation is 1. The maximum Gasteiger partial charge on any atom is 0.189 e. The Morgan fingerprint density at radius 1 is 1.79 bits per heavy atom. The van der Waals surface area contributed by atoms with E-state index in [4.69, 9.17) is 10.3 Å². The van der Waals surface area contributed by atoms with Gasteiger partial charge in [0.15, 0.2) is 5.96 Å². The molecule has 2 rings (SSSR count). The number of nitrogens with zero attached hydrogens (tertiary/aromatic N) is 2. The highest BCUT2D eigenvalue weighted by Gasteiger charge is 2.21. The summed E-state index contributed by atoms with van der Waals surface area (Å²) >= 11 is 0. The first-order chi connectivity index (χ1) is 6.74. The third-order valence-corrected chi connectivity index (χ3v) is 2.02. The van der Waals surface area contributed by atoms with Crippen molar-refractivity contribution >= 4 is 5.96 Å². The second kappa shape index (κ2) is 3.69. The Kier molecular flexibility index (Phi) is 2.39. The average molecular weight is 194 g/mol. The normalized spacial score (nSPS) is 17.1. The largest absolute Gasteiger partial charge is 0.370 e. The fraction of sp³-hybridized carbons (Fsp3) is 0.556. The van der Waals surface area contributed by atoms with E-state index in [-0.39, 0.29) is 0 Å². The number of aromatic nitrogens is 1. The minimum atomic E-state index is 0.475. The quantitative estimate of drug-likeness (QED) is 0.544. The molecule has 1 aliphatic carbocycles. The molecule has 3 N–H and O–H groups in total. The van der Waals surface area contributed by atoms with Crippen molar-refractivity contribution in [3.63, 3.8) is 0 Å². The fourth-order valence-corrected chi connectivity index (χ4v) is 1.14. The van der Waals surface area contributed by atoms with Crippen LogP contribution in [0.3, 0.4) is 0 Å². The summed E-state index contributed by atoms with van der Waals surface area (Å²) in [4.78, 5) is 4.15. The molecule has 1 aromatic rings. The van der Waals surface area contributed by atoms with Crippen LogP contribution in [0.2, 0.25) is 0 Å². The molecule has 0 saturated heterocycles. The second-order valence-electron chi connectivity index (χ2n) is 3.55. The molecule has 1 fully saturated rings. The molecular formula is C9H14N4O. The molecule has 1 aliphatic rings. The van der Waals surface area contributed by atoms with Crippen molar-refractivity contribution in [1.29, 1.82) is 0 Å². The van der Waals surface area contributed by atoms with Crippen molar-refractivity contribution in [2.75, 3.05) is 0 Å². The first-order valence-corrected chi connectivity index (χ1v) is 4.72. The van der Waals surface area contributed by atoms with Crippen LogP contribution < -0.4 is 11.1 Å². The fourth-order valence-electron chi connectivity index (χ4n) is 1.14. The van der Waals surface area contributed by atoms with Crippen LogP contribution in [0.25, 0.3) is 0 Å².